The highest BCUT2D eigenvalue weighted by Crippen LogP contribution is 2.41. The molecule has 4 fully saturated rings. The fourth-order valence-corrected chi connectivity index (χ4v) is 14.2. The number of rotatable bonds is 12. The van der Waals surface area contributed by atoms with Crippen molar-refractivity contribution in [1.29, 1.82) is 0 Å². The van der Waals surface area contributed by atoms with Crippen molar-refractivity contribution in [3.63, 3.8) is 0 Å². The molecule has 5 N–H and O–H groups in total. The van der Waals surface area contributed by atoms with Crippen LogP contribution in [-0.4, -0.2) is 166 Å². The average molecular weight is 1050 g/mol. The first-order valence-corrected chi connectivity index (χ1v) is 27.5. The van der Waals surface area contributed by atoms with Gasteiger partial charge in [-0.3, -0.25) is 48.3 Å². The topological polar surface area (TPSA) is 238 Å². The zero-order chi connectivity index (χ0) is 53.1. The number of aliphatic hydroxyl groups is 1. The Hall–Kier alpha value is -7.23. The largest absolute Gasteiger partial charge is 0.394 e. The Kier molecular flexibility index (Phi) is 13.9. The van der Waals surface area contributed by atoms with Gasteiger partial charge >= 0.3 is 0 Å². The molecule has 1 aliphatic carbocycles. The molecule has 398 valence electrons. The van der Waals surface area contributed by atoms with E-state index in [-0.39, 0.29) is 66.0 Å². The number of amides is 7. The highest BCUT2D eigenvalue weighted by atomic mass is 32.1. The van der Waals surface area contributed by atoms with Crippen LogP contribution in [0.2, 0.25) is 0 Å². The average Bonchev–Trinajstić information content (AvgIpc) is 3.98. The minimum atomic E-state index is -1.00. The number of aliphatic hydroxyl groups excluding tert-OH is 1. The number of imide groups is 2. The number of thiophene rings is 1. The van der Waals surface area contributed by atoms with E-state index < -0.39 is 41.6 Å². The van der Waals surface area contributed by atoms with Crippen molar-refractivity contribution in [3.05, 3.63) is 93.0 Å². The number of nitrogens with zero attached hydrogens (tertiary/aromatic N) is 9. The maximum atomic E-state index is 14.2. The van der Waals surface area contributed by atoms with Crippen LogP contribution >= 0.6 is 11.3 Å². The van der Waals surface area contributed by atoms with Crippen LogP contribution in [0, 0.1) is 0 Å². The number of benzene rings is 2. The van der Waals surface area contributed by atoms with Gasteiger partial charge in [0, 0.05) is 87.6 Å². The molecular weight excluding hydrogens is 989 g/mol. The number of carbonyl (C=O) groups is 7. The smallest absolute Gasteiger partial charge is 0.271 e. The number of aryl methyl sites for hydroxylation is 1. The lowest BCUT2D eigenvalue weighted by molar-refractivity contribution is -0.149. The number of hydrogen-bond donors (Lipinski definition) is 4. The molecule has 3 unspecified atom stereocenters. The first-order valence-electron chi connectivity index (χ1n) is 26.6. The summed E-state index contributed by atoms with van der Waals surface area (Å²) in [5.74, 6) is -2.51. The van der Waals surface area contributed by atoms with Crippen molar-refractivity contribution in [3.8, 4) is 0 Å². The van der Waals surface area contributed by atoms with Gasteiger partial charge in [0.2, 0.25) is 11.8 Å². The summed E-state index contributed by atoms with van der Waals surface area (Å²) >= 11 is 1.65. The van der Waals surface area contributed by atoms with E-state index in [0.717, 1.165) is 110 Å². The fraction of sp³-hybridized carbons (Fsp3) is 0.473. The zero-order valence-corrected chi connectivity index (χ0v) is 43.8. The van der Waals surface area contributed by atoms with E-state index in [4.69, 9.17) is 10.7 Å². The maximum Gasteiger partial charge on any atom is 0.271 e. The van der Waals surface area contributed by atoms with Gasteiger partial charge in [0.15, 0.2) is 11.5 Å². The molecule has 2 aromatic carbocycles. The van der Waals surface area contributed by atoms with Gasteiger partial charge < -0.3 is 41.1 Å². The first-order chi connectivity index (χ1) is 36.7. The molecule has 8 heterocycles. The molecule has 0 bridgehead atoms. The van der Waals surface area contributed by atoms with Crippen LogP contribution in [0.25, 0.3) is 0 Å². The molecule has 11 rings (SSSR count). The van der Waals surface area contributed by atoms with Crippen molar-refractivity contribution in [2.75, 3.05) is 84.8 Å². The van der Waals surface area contributed by atoms with Gasteiger partial charge in [-0.15, -0.1) is 11.3 Å². The van der Waals surface area contributed by atoms with Crippen molar-refractivity contribution in [2.45, 2.75) is 108 Å². The Labute approximate surface area is 444 Å². The van der Waals surface area contributed by atoms with Crippen molar-refractivity contribution in [1.82, 2.24) is 29.6 Å². The van der Waals surface area contributed by atoms with E-state index in [1.165, 1.54) is 35.3 Å². The number of piperidine rings is 3. The number of fused-ring (bicyclic) bond motifs is 4. The molecule has 21 heteroatoms. The zero-order valence-electron chi connectivity index (χ0n) is 43.0. The number of nitrogens with two attached hydrogens (primary N) is 1. The second kappa shape index (κ2) is 20.7. The van der Waals surface area contributed by atoms with Gasteiger partial charge in [-0.05, 0) is 125 Å². The quantitative estimate of drug-likeness (QED) is 0.114. The molecule has 2 aromatic heterocycles. The van der Waals surface area contributed by atoms with Crippen LogP contribution in [0.1, 0.15) is 115 Å². The number of anilines is 6. The number of likely N-dealkylation sites (tertiary alicyclic amines) is 1. The van der Waals surface area contributed by atoms with Crippen LogP contribution in [-0.2, 0) is 33.6 Å². The minimum absolute atomic E-state index is 0.0360. The number of primary amides is 1. The molecule has 0 saturated carbocycles. The van der Waals surface area contributed by atoms with Crippen molar-refractivity contribution < 1.29 is 38.7 Å². The van der Waals surface area contributed by atoms with Gasteiger partial charge in [-0.1, -0.05) is 6.58 Å². The van der Waals surface area contributed by atoms with Gasteiger partial charge in [0.05, 0.1) is 52.3 Å². The number of piperazine rings is 1. The maximum absolute atomic E-state index is 14.2. The molecule has 0 spiro atoms. The summed E-state index contributed by atoms with van der Waals surface area (Å²) in [6.45, 7) is 10.5. The fourth-order valence-electron chi connectivity index (χ4n) is 12.9. The van der Waals surface area contributed by atoms with Crippen LogP contribution in [0.3, 0.4) is 0 Å². The Bertz CT molecular complexity index is 3060. The Morgan fingerprint density at radius 1 is 0.842 bits per heavy atom. The first kappa shape index (κ1) is 50.9. The summed E-state index contributed by atoms with van der Waals surface area (Å²) in [7, 11) is 1.38. The van der Waals surface area contributed by atoms with Gasteiger partial charge in [0.1, 0.15) is 11.9 Å². The Balaban J connectivity index is 0.755. The number of aromatic nitrogens is 2. The highest BCUT2D eigenvalue weighted by Gasteiger charge is 2.47. The van der Waals surface area contributed by atoms with E-state index >= 15 is 0 Å². The predicted octanol–water partition coefficient (Wildman–Crippen LogP) is 4.34. The second-order valence-electron chi connectivity index (χ2n) is 21.1. The number of likely N-dealkylation sites (N-methyl/N-ethyl adjacent to an activating group) is 1. The van der Waals surface area contributed by atoms with Gasteiger partial charge in [-0.2, -0.15) is 0 Å². The van der Waals surface area contributed by atoms with Crippen LogP contribution in [0.15, 0.2) is 55.3 Å². The van der Waals surface area contributed by atoms with E-state index in [1.54, 1.807) is 29.5 Å². The van der Waals surface area contributed by atoms with Crippen LogP contribution < -0.4 is 31.1 Å². The third-order valence-electron chi connectivity index (χ3n) is 16.8. The molecule has 4 aromatic rings. The monoisotopic (exact) mass is 1050 g/mol. The van der Waals surface area contributed by atoms with Crippen molar-refractivity contribution >= 4 is 87.1 Å². The Morgan fingerprint density at radius 3 is 2.39 bits per heavy atom. The van der Waals surface area contributed by atoms with Crippen LogP contribution in [0.5, 0.6) is 0 Å². The molecule has 7 amide bonds. The van der Waals surface area contributed by atoms with Gasteiger partial charge in [0.25, 0.3) is 29.5 Å². The SMILES string of the molecule is C=CC(=O)Nc1cc(Nc2nc(N3CCCC(N4CCc5c(sc6c5CCCC6)C4=O)C3CO)cnc2C(N)=O)ccc1N1CCN(C2CCN(c3ccc4c(c3)C(=O)N(C3CCC(=O)N(C)C3=O)C4=O)CC2)C[C@@H]1C. The summed E-state index contributed by atoms with van der Waals surface area (Å²) < 4.78 is 0. The normalized spacial score (nSPS) is 23.4. The van der Waals surface area contributed by atoms with E-state index in [0.29, 0.717) is 42.9 Å². The number of hydrogen-bond acceptors (Lipinski definition) is 16. The molecular formula is C55H64N12O8S. The molecule has 4 atom stereocenters. The Morgan fingerprint density at radius 2 is 1.63 bits per heavy atom. The van der Waals surface area contributed by atoms with E-state index in [1.807, 2.05) is 28.0 Å². The molecule has 6 aliphatic heterocycles. The number of nitrogens with one attached hydrogen (secondary N) is 2. The summed E-state index contributed by atoms with van der Waals surface area (Å²) in [6, 6.07) is 9.49. The third-order valence-corrected chi connectivity index (χ3v) is 18.1. The van der Waals surface area contributed by atoms with Crippen molar-refractivity contribution in [2.24, 2.45) is 5.73 Å². The van der Waals surface area contributed by atoms with Gasteiger partial charge in [-0.25, -0.2) is 9.97 Å². The lowest BCUT2D eigenvalue weighted by Gasteiger charge is -2.47. The summed E-state index contributed by atoms with van der Waals surface area (Å²) in [5, 5.41) is 17.2. The second-order valence-corrected chi connectivity index (χ2v) is 22.2. The molecule has 76 heavy (non-hydrogen) atoms. The highest BCUT2D eigenvalue weighted by molar-refractivity contribution is 7.14. The van der Waals surface area contributed by atoms with E-state index in [9.17, 15) is 38.7 Å². The van der Waals surface area contributed by atoms with E-state index in [2.05, 4.69) is 43.8 Å². The molecule has 0 radical (unpaired) electrons. The van der Waals surface area contributed by atoms with Crippen LogP contribution in [0.4, 0.5) is 34.4 Å². The molecule has 7 aliphatic rings. The summed E-state index contributed by atoms with van der Waals surface area (Å²) in [5.41, 5.74) is 11.6. The summed E-state index contributed by atoms with van der Waals surface area (Å²) in [6.07, 6.45) is 11.3. The number of carbonyl (C=O) groups excluding carboxylic acids is 7. The molecule has 20 nitrogen and oxygen atoms in total. The lowest BCUT2D eigenvalue weighted by atomic mass is 9.89. The standard InChI is InChI=1S/C55H64N12O8S/c1-4-46(69)59-39-26-32(58-51-48(50(56)71)57-28-45(60-51)65-20-7-9-41(43(65)30-68)66-23-19-36-35-8-5-6-10-44(35)76-49(36)55(66)75)11-14-40(39)64-25-24-63(29-31(64)2)33-17-21-62(22-18-33)34-12-13-37-38(27-34)53(73)67(52(37)72)42-15-16-47(70)61(3)54(42)74/h4,11-14,26-28,31,33,41-43,68H,1,5-10,15-25,29-30H2,2-3H3,(H2,56,71)(H,58,60)(H,59,69)/t31-,41?,42?,43?/m0/s1. The molecule has 4 saturated heterocycles. The lowest BCUT2D eigenvalue weighted by Crippen LogP contribution is -2.60. The predicted molar refractivity (Wildman–Crippen MR) is 287 cm³/mol. The minimum Gasteiger partial charge on any atom is -0.394 e. The third kappa shape index (κ3) is 9.14. The summed E-state index contributed by atoms with van der Waals surface area (Å²) in [4.78, 5) is 117.